The van der Waals surface area contributed by atoms with E-state index in [1.165, 1.54) is 68.1 Å². The van der Waals surface area contributed by atoms with Crippen molar-refractivity contribution in [3.63, 3.8) is 0 Å². The number of anilines is 2. The van der Waals surface area contributed by atoms with E-state index in [-0.39, 0.29) is 5.91 Å². The van der Waals surface area contributed by atoms with Crippen LogP contribution in [0.3, 0.4) is 0 Å². The van der Waals surface area contributed by atoms with Gasteiger partial charge in [0.15, 0.2) is 0 Å². The number of amides is 1. The Morgan fingerprint density at radius 2 is 1.53 bits per heavy atom. The van der Waals surface area contributed by atoms with Crippen LogP contribution in [-0.2, 0) is 0 Å². The van der Waals surface area contributed by atoms with Gasteiger partial charge in [-0.15, -0.1) is 0 Å². The summed E-state index contributed by atoms with van der Waals surface area (Å²) in [5, 5.41) is 0. The van der Waals surface area contributed by atoms with Crippen molar-refractivity contribution in [1.29, 1.82) is 0 Å². The number of nitrogens with zero attached hydrogens (tertiary/aromatic N) is 1. The van der Waals surface area contributed by atoms with E-state index in [0.29, 0.717) is 5.92 Å². The zero-order valence-corrected chi connectivity index (χ0v) is 19.1. The Bertz CT molecular complexity index is 1060. The lowest BCUT2D eigenvalue weighted by Gasteiger charge is -2.43. The van der Waals surface area contributed by atoms with Crippen molar-refractivity contribution in [3.05, 3.63) is 83.9 Å². The van der Waals surface area contributed by atoms with Crippen LogP contribution in [0.4, 0.5) is 11.4 Å². The second-order valence-electron chi connectivity index (χ2n) is 9.48. The molecule has 1 aliphatic heterocycles. The molecule has 1 aliphatic carbocycles. The van der Waals surface area contributed by atoms with Crippen molar-refractivity contribution < 1.29 is 4.79 Å². The first-order valence-electron chi connectivity index (χ1n) is 12.4. The van der Waals surface area contributed by atoms with Crippen molar-refractivity contribution in [2.24, 2.45) is 5.92 Å². The first-order valence-corrected chi connectivity index (χ1v) is 12.4. The number of benzene rings is 3. The van der Waals surface area contributed by atoms with E-state index >= 15 is 0 Å². The van der Waals surface area contributed by atoms with Crippen LogP contribution in [0.5, 0.6) is 0 Å². The van der Waals surface area contributed by atoms with Crippen molar-refractivity contribution in [1.82, 2.24) is 0 Å². The topological polar surface area (TPSA) is 20.3 Å². The van der Waals surface area contributed by atoms with Gasteiger partial charge in [0.25, 0.3) is 5.91 Å². The molecule has 2 bridgehead atoms. The van der Waals surface area contributed by atoms with Gasteiger partial charge in [-0.05, 0) is 61.3 Å². The Morgan fingerprint density at radius 1 is 0.844 bits per heavy atom. The molecule has 2 nitrogen and oxygen atoms in total. The van der Waals surface area contributed by atoms with E-state index in [4.69, 9.17) is 0 Å². The van der Waals surface area contributed by atoms with E-state index in [1.54, 1.807) is 0 Å². The highest BCUT2D eigenvalue weighted by atomic mass is 16.2. The fraction of sp³-hybridized carbons (Fsp3) is 0.367. The van der Waals surface area contributed by atoms with Gasteiger partial charge in [0.2, 0.25) is 0 Å². The van der Waals surface area contributed by atoms with E-state index in [9.17, 15) is 4.79 Å². The van der Waals surface area contributed by atoms with E-state index < -0.39 is 0 Å². The van der Waals surface area contributed by atoms with Crippen molar-refractivity contribution >= 4 is 17.3 Å². The van der Waals surface area contributed by atoms with Gasteiger partial charge in [0, 0.05) is 16.7 Å². The zero-order chi connectivity index (χ0) is 21.9. The van der Waals surface area contributed by atoms with Crippen LogP contribution < -0.4 is 4.90 Å². The second kappa shape index (κ2) is 9.32. The number of hydrogen-bond donors (Lipinski definition) is 0. The minimum Gasteiger partial charge on any atom is -0.276 e. The van der Waals surface area contributed by atoms with Crippen LogP contribution in [0.25, 0.3) is 11.1 Å². The highest BCUT2D eigenvalue weighted by molar-refractivity contribution is 6.19. The molecule has 3 aromatic carbocycles. The molecule has 0 N–H and O–H groups in total. The number of fused-ring (bicyclic) bond motifs is 2. The molecule has 1 amide bonds. The number of hydrogen-bond acceptors (Lipinski definition) is 1. The Labute approximate surface area is 192 Å². The highest BCUT2D eigenvalue weighted by Gasteiger charge is 2.40. The molecule has 2 heteroatoms. The summed E-state index contributed by atoms with van der Waals surface area (Å²) in [5.41, 5.74) is 6.84. The lowest BCUT2D eigenvalue weighted by molar-refractivity contribution is 0.0996. The maximum absolute atomic E-state index is 13.5. The third-order valence-corrected chi connectivity index (χ3v) is 7.44. The second-order valence-corrected chi connectivity index (χ2v) is 9.48. The molecule has 0 radical (unpaired) electrons. The Balaban J connectivity index is 1.44. The average Bonchev–Trinajstić information content (AvgIpc) is 2.86. The van der Waals surface area contributed by atoms with Crippen LogP contribution in [0.1, 0.15) is 80.1 Å². The maximum Gasteiger partial charge on any atom is 0.262 e. The summed E-state index contributed by atoms with van der Waals surface area (Å²) in [4.78, 5) is 15.4. The van der Waals surface area contributed by atoms with Crippen molar-refractivity contribution in [2.45, 2.75) is 64.2 Å². The van der Waals surface area contributed by atoms with E-state index in [0.717, 1.165) is 22.9 Å². The largest absolute Gasteiger partial charge is 0.276 e. The predicted molar refractivity (Wildman–Crippen MR) is 134 cm³/mol. The van der Waals surface area contributed by atoms with E-state index in [1.807, 2.05) is 35.2 Å². The molecule has 2 aliphatic rings. The van der Waals surface area contributed by atoms with Crippen molar-refractivity contribution in [3.8, 4) is 11.1 Å². The van der Waals surface area contributed by atoms with Crippen LogP contribution in [-0.4, -0.2) is 5.91 Å². The van der Waals surface area contributed by atoms with E-state index in [2.05, 4.69) is 49.4 Å². The van der Waals surface area contributed by atoms with Gasteiger partial charge in [-0.2, -0.15) is 0 Å². The molecule has 0 saturated heterocycles. The van der Waals surface area contributed by atoms with Gasteiger partial charge in [0.05, 0.1) is 11.4 Å². The zero-order valence-electron chi connectivity index (χ0n) is 19.1. The minimum atomic E-state index is 0.0883. The third kappa shape index (κ3) is 3.88. The molecule has 32 heavy (non-hydrogen) atoms. The molecule has 1 heterocycles. The highest BCUT2D eigenvalue weighted by Crippen LogP contribution is 2.57. The molecule has 0 atom stereocenters. The fourth-order valence-electron chi connectivity index (χ4n) is 5.70. The van der Waals surface area contributed by atoms with Gasteiger partial charge < -0.3 is 0 Å². The quantitative estimate of drug-likeness (QED) is 0.349. The van der Waals surface area contributed by atoms with Crippen molar-refractivity contribution in [2.75, 3.05) is 4.90 Å². The molecule has 5 rings (SSSR count). The van der Waals surface area contributed by atoms with Gasteiger partial charge in [-0.25, -0.2) is 0 Å². The summed E-state index contributed by atoms with van der Waals surface area (Å²) < 4.78 is 0. The molecule has 164 valence electrons. The average molecular weight is 424 g/mol. The lowest BCUT2D eigenvalue weighted by Crippen LogP contribution is -2.36. The summed E-state index contributed by atoms with van der Waals surface area (Å²) in [6.07, 6.45) is 10.6. The summed E-state index contributed by atoms with van der Waals surface area (Å²) >= 11 is 0. The summed E-state index contributed by atoms with van der Waals surface area (Å²) in [7, 11) is 0. The molecule has 1 saturated carbocycles. The summed E-state index contributed by atoms with van der Waals surface area (Å²) in [6.45, 7) is 2.29. The Hall–Kier alpha value is -2.87. The molecule has 1 fully saturated rings. The third-order valence-electron chi connectivity index (χ3n) is 7.44. The number of rotatable bonds is 7. The normalized spacial score (nSPS) is 19.5. The Kier molecular flexibility index (Phi) is 6.12. The SMILES string of the molecule is CCCCCC1CCC(c2c3ccc(-c4ccccc4)c2N3C(=O)c2ccccc2)CC1. The monoisotopic (exact) mass is 423 g/mol. The van der Waals surface area contributed by atoms with Crippen LogP contribution >= 0.6 is 0 Å². The standard InChI is InChI=1S/C30H33NO/c1-2-3-6-11-22-16-18-24(19-17-22)28-27-21-20-26(23-12-7-4-8-13-23)29(28)31(27)30(32)25-14-9-5-10-15-25/h4-5,7-10,12-15,20-22,24H,2-3,6,11,16-19H2,1H3. The van der Waals surface area contributed by atoms with Gasteiger partial charge in [-0.3, -0.25) is 9.69 Å². The molecular formula is C30H33NO. The minimum absolute atomic E-state index is 0.0883. The van der Waals surface area contributed by atoms with Gasteiger partial charge >= 0.3 is 0 Å². The maximum atomic E-state index is 13.5. The number of carbonyl (C=O) groups is 1. The molecule has 0 spiro atoms. The first-order chi connectivity index (χ1) is 15.8. The van der Waals surface area contributed by atoms with Gasteiger partial charge in [-0.1, -0.05) is 87.2 Å². The number of unbranched alkanes of at least 4 members (excludes halogenated alkanes) is 2. The molecular weight excluding hydrogens is 390 g/mol. The summed E-state index contributed by atoms with van der Waals surface area (Å²) in [5.74, 6) is 1.56. The van der Waals surface area contributed by atoms with Crippen LogP contribution in [0.15, 0.2) is 72.8 Å². The van der Waals surface area contributed by atoms with Gasteiger partial charge in [0.1, 0.15) is 0 Å². The predicted octanol–water partition coefficient (Wildman–Crippen LogP) is 8.50. The first kappa shape index (κ1) is 21.0. The molecule has 0 unspecified atom stereocenters. The van der Waals surface area contributed by atoms with Crippen LogP contribution in [0.2, 0.25) is 0 Å². The lowest BCUT2D eigenvalue weighted by atomic mass is 9.73. The molecule has 0 aromatic heterocycles. The number of carbonyl (C=O) groups excluding carboxylic acids is 1. The summed E-state index contributed by atoms with van der Waals surface area (Å²) in [6, 6.07) is 24.6. The fourth-order valence-corrected chi connectivity index (χ4v) is 5.70. The molecule has 3 aromatic rings. The smallest absolute Gasteiger partial charge is 0.262 e. The Morgan fingerprint density at radius 3 is 2.22 bits per heavy atom. The van der Waals surface area contributed by atoms with Crippen LogP contribution in [0, 0.1) is 5.92 Å².